The SMILES string of the molecule is Cc1ccnc(NC(CCO)C(C)(C)C)c1C#N. The first-order valence-electron chi connectivity index (χ1n) is 6.13. The summed E-state index contributed by atoms with van der Waals surface area (Å²) in [4.78, 5) is 4.23. The summed E-state index contributed by atoms with van der Waals surface area (Å²) in [6.45, 7) is 8.30. The van der Waals surface area contributed by atoms with E-state index in [1.54, 1.807) is 6.20 Å². The smallest absolute Gasteiger partial charge is 0.144 e. The molecule has 0 aliphatic heterocycles. The molecule has 4 nitrogen and oxygen atoms in total. The highest BCUT2D eigenvalue weighted by molar-refractivity contribution is 5.55. The number of aryl methyl sites for hydroxylation is 1. The number of aliphatic hydroxyl groups is 1. The van der Waals surface area contributed by atoms with Gasteiger partial charge in [0, 0.05) is 18.8 Å². The monoisotopic (exact) mass is 247 g/mol. The summed E-state index contributed by atoms with van der Waals surface area (Å²) in [5.41, 5.74) is 1.47. The number of pyridine rings is 1. The van der Waals surface area contributed by atoms with Gasteiger partial charge in [-0.05, 0) is 30.4 Å². The van der Waals surface area contributed by atoms with Crippen LogP contribution in [0.15, 0.2) is 12.3 Å². The number of hydrogen-bond donors (Lipinski definition) is 2. The molecule has 0 radical (unpaired) electrons. The van der Waals surface area contributed by atoms with E-state index in [-0.39, 0.29) is 18.1 Å². The Labute approximate surface area is 109 Å². The third-order valence-electron chi connectivity index (χ3n) is 3.05. The molecule has 0 aliphatic rings. The maximum absolute atomic E-state index is 9.17. The Morgan fingerprint density at radius 2 is 2.17 bits per heavy atom. The lowest BCUT2D eigenvalue weighted by Gasteiger charge is -2.31. The Kier molecular flexibility index (Phi) is 4.69. The van der Waals surface area contributed by atoms with Gasteiger partial charge in [0.2, 0.25) is 0 Å². The maximum atomic E-state index is 9.17. The summed E-state index contributed by atoms with van der Waals surface area (Å²) < 4.78 is 0. The number of nitrogens with one attached hydrogen (secondary N) is 1. The Morgan fingerprint density at radius 1 is 1.50 bits per heavy atom. The molecule has 0 fully saturated rings. The standard InChI is InChI=1S/C14H21N3O/c1-10-5-7-16-13(11(10)9-15)17-12(6-8-18)14(2,3)4/h5,7,12,18H,6,8H2,1-4H3,(H,16,17). The number of aliphatic hydroxyl groups excluding tert-OH is 1. The van der Waals surface area contributed by atoms with Gasteiger partial charge < -0.3 is 10.4 Å². The van der Waals surface area contributed by atoms with Crippen LogP contribution < -0.4 is 5.32 Å². The van der Waals surface area contributed by atoms with E-state index < -0.39 is 0 Å². The number of rotatable bonds is 4. The van der Waals surface area contributed by atoms with Crippen molar-refractivity contribution in [1.29, 1.82) is 5.26 Å². The van der Waals surface area contributed by atoms with Gasteiger partial charge in [0.05, 0.1) is 5.56 Å². The Balaban J connectivity index is 3.02. The molecule has 98 valence electrons. The Morgan fingerprint density at radius 3 is 2.67 bits per heavy atom. The van der Waals surface area contributed by atoms with E-state index >= 15 is 0 Å². The molecule has 1 aromatic rings. The molecule has 2 N–H and O–H groups in total. The maximum Gasteiger partial charge on any atom is 0.144 e. The summed E-state index contributed by atoms with van der Waals surface area (Å²) in [5.74, 6) is 0.603. The number of nitrogens with zero attached hydrogens (tertiary/aromatic N) is 2. The van der Waals surface area contributed by atoms with Crippen LogP contribution in [0.1, 0.15) is 38.3 Å². The zero-order valence-electron chi connectivity index (χ0n) is 11.5. The van der Waals surface area contributed by atoms with Crippen LogP contribution in [0.3, 0.4) is 0 Å². The lowest BCUT2D eigenvalue weighted by atomic mass is 9.85. The van der Waals surface area contributed by atoms with Crippen LogP contribution in [0.5, 0.6) is 0 Å². The highest BCUT2D eigenvalue weighted by Gasteiger charge is 2.25. The van der Waals surface area contributed by atoms with Crippen LogP contribution in [0.25, 0.3) is 0 Å². The average Bonchev–Trinajstić information content (AvgIpc) is 2.27. The van der Waals surface area contributed by atoms with Crippen molar-refractivity contribution < 1.29 is 5.11 Å². The van der Waals surface area contributed by atoms with Crippen LogP contribution >= 0.6 is 0 Å². The van der Waals surface area contributed by atoms with Gasteiger partial charge in [0.15, 0.2) is 0 Å². The molecule has 0 bridgehead atoms. The van der Waals surface area contributed by atoms with Crippen molar-refractivity contribution in [1.82, 2.24) is 4.98 Å². The van der Waals surface area contributed by atoms with Gasteiger partial charge in [-0.15, -0.1) is 0 Å². The lowest BCUT2D eigenvalue weighted by molar-refractivity contribution is 0.235. The minimum atomic E-state index is -0.0130. The zero-order chi connectivity index (χ0) is 13.8. The minimum Gasteiger partial charge on any atom is -0.396 e. The second-order valence-corrected chi connectivity index (χ2v) is 5.54. The van der Waals surface area contributed by atoms with Gasteiger partial charge in [-0.1, -0.05) is 20.8 Å². The van der Waals surface area contributed by atoms with Crippen molar-refractivity contribution >= 4 is 5.82 Å². The number of hydrogen-bond acceptors (Lipinski definition) is 4. The summed E-state index contributed by atoms with van der Waals surface area (Å²) in [6, 6.07) is 4.07. The van der Waals surface area contributed by atoms with Gasteiger partial charge in [0.25, 0.3) is 0 Å². The van der Waals surface area contributed by atoms with E-state index in [2.05, 4.69) is 37.1 Å². The van der Waals surface area contributed by atoms with Crippen molar-refractivity contribution in [2.24, 2.45) is 5.41 Å². The molecule has 0 saturated heterocycles. The summed E-state index contributed by atoms with van der Waals surface area (Å²) in [6.07, 6.45) is 2.32. The molecule has 4 heteroatoms. The highest BCUT2D eigenvalue weighted by Crippen LogP contribution is 2.26. The van der Waals surface area contributed by atoms with Gasteiger partial charge in [-0.2, -0.15) is 5.26 Å². The van der Waals surface area contributed by atoms with E-state index in [0.29, 0.717) is 17.8 Å². The van der Waals surface area contributed by atoms with Crippen LogP contribution in [-0.2, 0) is 0 Å². The lowest BCUT2D eigenvalue weighted by Crippen LogP contribution is -2.35. The van der Waals surface area contributed by atoms with E-state index in [0.717, 1.165) is 5.56 Å². The number of nitriles is 1. The average molecular weight is 247 g/mol. The molecule has 0 saturated carbocycles. The van der Waals surface area contributed by atoms with Crippen molar-refractivity contribution in [3.63, 3.8) is 0 Å². The van der Waals surface area contributed by atoms with E-state index in [9.17, 15) is 0 Å². The second-order valence-electron chi connectivity index (χ2n) is 5.54. The van der Waals surface area contributed by atoms with Crippen molar-refractivity contribution in [3.8, 4) is 6.07 Å². The predicted molar refractivity (Wildman–Crippen MR) is 72.3 cm³/mol. The van der Waals surface area contributed by atoms with E-state index in [1.165, 1.54) is 0 Å². The first-order valence-corrected chi connectivity index (χ1v) is 6.13. The normalized spacial score (nSPS) is 12.9. The largest absolute Gasteiger partial charge is 0.396 e. The number of aromatic nitrogens is 1. The molecule has 0 aromatic carbocycles. The van der Waals surface area contributed by atoms with Crippen molar-refractivity contribution in [2.75, 3.05) is 11.9 Å². The fourth-order valence-corrected chi connectivity index (χ4v) is 1.82. The predicted octanol–water partition coefficient (Wildman–Crippen LogP) is 2.47. The molecule has 0 amide bonds. The fourth-order valence-electron chi connectivity index (χ4n) is 1.82. The van der Waals surface area contributed by atoms with Crippen LogP contribution in [0.4, 0.5) is 5.82 Å². The van der Waals surface area contributed by atoms with Gasteiger partial charge in [0.1, 0.15) is 11.9 Å². The minimum absolute atomic E-state index is 0.0130. The zero-order valence-corrected chi connectivity index (χ0v) is 11.5. The van der Waals surface area contributed by atoms with E-state index in [1.807, 2.05) is 13.0 Å². The second kappa shape index (κ2) is 5.83. The first kappa shape index (κ1) is 14.5. The molecule has 0 aliphatic carbocycles. The van der Waals surface area contributed by atoms with Crippen LogP contribution in [0, 0.1) is 23.7 Å². The molecule has 18 heavy (non-hydrogen) atoms. The molecule has 1 aromatic heterocycles. The fraction of sp³-hybridized carbons (Fsp3) is 0.571. The molecule has 1 unspecified atom stereocenters. The Bertz CT molecular complexity index is 443. The van der Waals surface area contributed by atoms with Crippen LogP contribution in [0.2, 0.25) is 0 Å². The topological polar surface area (TPSA) is 68.9 Å². The van der Waals surface area contributed by atoms with Crippen molar-refractivity contribution in [3.05, 3.63) is 23.4 Å². The van der Waals surface area contributed by atoms with Crippen LogP contribution in [-0.4, -0.2) is 22.7 Å². The van der Waals surface area contributed by atoms with Gasteiger partial charge in [-0.25, -0.2) is 4.98 Å². The van der Waals surface area contributed by atoms with Gasteiger partial charge in [-0.3, -0.25) is 0 Å². The van der Waals surface area contributed by atoms with Gasteiger partial charge >= 0.3 is 0 Å². The quantitative estimate of drug-likeness (QED) is 0.857. The summed E-state index contributed by atoms with van der Waals surface area (Å²) >= 11 is 0. The molecular formula is C14H21N3O. The van der Waals surface area contributed by atoms with E-state index in [4.69, 9.17) is 10.4 Å². The highest BCUT2D eigenvalue weighted by atomic mass is 16.3. The molecule has 1 rings (SSSR count). The molecule has 1 atom stereocenters. The third-order valence-corrected chi connectivity index (χ3v) is 3.05. The number of anilines is 1. The summed E-state index contributed by atoms with van der Waals surface area (Å²) in [7, 11) is 0. The first-order chi connectivity index (χ1) is 8.40. The third kappa shape index (κ3) is 3.44. The van der Waals surface area contributed by atoms with Crippen molar-refractivity contribution in [2.45, 2.75) is 40.2 Å². The molecule has 1 heterocycles. The Hall–Kier alpha value is -1.60. The molecular weight excluding hydrogens is 226 g/mol. The summed E-state index contributed by atoms with van der Waals surface area (Å²) in [5, 5.41) is 21.6. The molecule has 0 spiro atoms.